The van der Waals surface area contributed by atoms with Crippen LogP contribution in [0, 0.1) is 0 Å². The quantitative estimate of drug-likeness (QED) is 0.641. The maximum atomic E-state index is 12.1. The van der Waals surface area contributed by atoms with E-state index in [-0.39, 0.29) is 5.70 Å². The number of hydrogen-bond acceptors (Lipinski definition) is 5. The summed E-state index contributed by atoms with van der Waals surface area (Å²) in [5.41, 5.74) is 0.0121. The molecule has 2 aliphatic heterocycles. The van der Waals surface area contributed by atoms with E-state index in [1.54, 1.807) is 6.07 Å². The minimum absolute atomic E-state index is 0.0121. The first-order valence-electron chi connectivity index (χ1n) is 7.96. The second-order valence-electron chi connectivity index (χ2n) is 5.85. The maximum absolute atomic E-state index is 12.1. The summed E-state index contributed by atoms with van der Waals surface area (Å²) in [7, 11) is 0. The van der Waals surface area contributed by atoms with E-state index in [9.17, 15) is 14.4 Å². The molecule has 2 N–H and O–H groups in total. The van der Waals surface area contributed by atoms with Crippen molar-refractivity contribution < 1.29 is 23.9 Å². The molecule has 0 aliphatic carbocycles. The molecule has 0 atom stereocenters. The molecule has 2 aliphatic rings. The average molecular weight is 333 g/mol. The number of carboxylic acids is 1. The molecule has 128 valence electrons. The zero-order valence-corrected chi connectivity index (χ0v) is 13.2. The fraction of sp³-hybridized carbons (Fsp3) is 0.438. The third-order valence-electron chi connectivity index (χ3n) is 4.07. The van der Waals surface area contributed by atoms with Crippen LogP contribution in [0.3, 0.4) is 0 Å². The summed E-state index contributed by atoms with van der Waals surface area (Å²) < 4.78 is 5.75. The van der Waals surface area contributed by atoms with Gasteiger partial charge in [0, 0.05) is 25.2 Å². The van der Waals surface area contributed by atoms with E-state index in [1.807, 2.05) is 6.07 Å². The number of anilines is 1. The SMILES string of the molecule is O=C(O)CN1C(=O)N/C(=C/c2ccc(N3CCCCCC3)o2)C1=O. The molecular formula is C16H19N3O5. The normalized spacial score (nSPS) is 20.4. The second kappa shape index (κ2) is 6.77. The number of furan rings is 1. The lowest BCUT2D eigenvalue weighted by Crippen LogP contribution is -2.35. The lowest BCUT2D eigenvalue weighted by Gasteiger charge is -2.18. The van der Waals surface area contributed by atoms with Crippen molar-refractivity contribution in [3.63, 3.8) is 0 Å². The van der Waals surface area contributed by atoms with Crippen molar-refractivity contribution in [2.24, 2.45) is 0 Å². The van der Waals surface area contributed by atoms with Crippen molar-refractivity contribution >= 4 is 29.9 Å². The third kappa shape index (κ3) is 3.42. The van der Waals surface area contributed by atoms with Crippen LogP contribution in [-0.2, 0) is 9.59 Å². The first kappa shape index (κ1) is 16.1. The van der Waals surface area contributed by atoms with Crippen LogP contribution in [0.4, 0.5) is 10.7 Å². The minimum atomic E-state index is -1.25. The van der Waals surface area contributed by atoms with E-state index >= 15 is 0 Å². The Kier molecular flexibility index (Phi) is 4.54. The van der Waals surface area contributed by atoms with Gasteiger partial charge in [-0.3, -0.25) is 9.59 Å². The standard InChI is InChI=1S/C16H19N3O5/c20-14(21)10-19-15(22)12(17-16(19)23)9-11-5-6-13(24-11)18-7-3-1-2-4-8-18/h5-6,9H,1-4,7-8,10H2,(H,17,23)(H,20,21)/b12-9+. The fourth-order valence-electron chi connectivity index (χ4n) is 2.87. The van der Waals surface area contributed by atoms with Crippen LogP contribution in [0.1, 0.15) is 31.4 Å². The number of hydrogen-bond donors (Lipinski definition) is 2. The number of nitrogens with zero attached hydrogens (tertiary/aromatic N) is 2. The van der Waals surface area contributed by atoms with Gasteiger partial charge in [-0.1, -0.05) is 12.8 Å². The molecule has 0 aromatic carbocycles. The van der Waals surface area contributed by atoms with Crippen molar-refractivity contribution in [3.05, 3.63) is 23.6 Å². The second-order valence-corrected chi connectivity index (χ2v) is 5.85. The largest absolute Gasteiger partial charge is 0.480 e. The fourth-order valence-corrected chi connectivity index (χ4v) is 2.87. The highest BCUT2D eigenvalue weighted by atomic mass is 16.4. The van der Waals surface area contributed by atoms with E-state index in [4.69, 9.17) is 9.52 Å². The van der Waals surface area contributed by atoms with E-state index in [2.05, 4.69) is 10.2 Å². The number of carboxylic acid groups (broad SMARTS) is 1. The number of amides is 3. The van der Waals surface area contributed by atoms with Crippen LogP contribution in [0.5, 0.6) is 0 Å². The minimum Gasteiger partial charge on any atom is -0.480 e. The highest BCUT2D eigenvalue weighted by Crippen LogP contribution is 2.24. The Morgan fingerprint density at radius 2 is 1.92 bits per heavy atom. The molecule has 2 saturated heterocycles. The molecule has 2 fully saturated rings. The average Bonchev–Trinajstić information content (AvgIpc) is 2.96. The zero-order chi connectivity index (χ0) is 17.1. The van der Waals surface area contributed by atoms with Crippen LogP contribution in [0.25, 0.3) is 6.08 Å². The molecule has 0 unspecified atom stereocenters. The van der Waals surface area contributed by atoms with Gasteiger partial charge in [0.2, 0.25) is 0 Å². The van der Waals surface area contributed by atoms with Crippen molar-refractivity contribution in [2.75, 3.05) is 24.5 Å². The number of urea groups is 1. The van der Waals surface area contributed by atoms with Gasteiger partial charge in [0.1, 0.15) is 18.0 Å². The van der Waals surface area contributed by atoms with Crippen molar-refractivity contribution in [2.45, 2.75) is 25.7 Å². The molecule has 24 heavy (non-hydrogen) atoms. The number of rotatable bonds is 4. The molecule has 1 aromatic rings. The Labute approximate surface area is 138 Å². The highest BCUT2D eigenvalue weighted by molar-refractivity contribution is 6.14. The number of aliphatic carboxylic acids is 1. The van der Waals surface area contributed by atoms with E-state index < -0.39 is 24.5 Å². The van der Waals surface area contributed by atoms with Gasteiger partial charge in [-0.15, -0.1) is 0 Å². The number of imide groups is 1. The third-order valence-corrected chi connectivity index (χ3v) is 4.07. The van der Waals surface area contributed by atoms with Gasteiger partial charge in [-0.25, -0.2) is 9.69 Å². The van der Waals surface area contributed by atoms with Gasteiger partial charge in [-0.2, -0.15) is 0 Å². The molecule has 3 amide bonds. The highest BCUT2D eigenvalue weighted by Gasteiger charge is 2.35. The molecular weight excluding hydrogens is 314 g/mol. The predicted octanol–water partition coefficient (Wildman–Crippen LogP) is 1.64. The van der Waals surface area contributed by atoms with Crippen LogP contribution >= 0.6 is 0 Å². The molecule has 8 heteroatoms. The van der Waals surface area contributed by atoms with E-state index in [1.165, 1.54) is 18.9 Å². The predicted molar refractivity (Wildman–Crippen MR) is 85.2 cm³/mol. The first-order valence-corrected chi connectivity index (χ1v) is 7.96. The number of carbonyl (C=O) groups excluding carboxylic acids is 2. The Hall–Kier alpha value is -2.77. The van der Waals surface area contributed by atoms with Crippen molar-refractivity contribution in [1.29, 1.82) is 0 Å². The van der Waals surface area contributed by atoms with Crippen molar-refractivity contribution in [1.82, 2.24) is 10.2 Å². The first-order chi connectivity index (χ1) is 11.5. The molecule has 1 aromatic heterocycles. The summed E-state index contributed by atoms with van der Waals surface area (Å²) in [4.78, 5) is 37.2. The summed E-state index contributed by atoms with van der Waals surface area (Å²) in [5.74, 6) is -0.741. The lowest BCUT2D eigenvalue weighted by atomic mass is 10.2. The molecule has 0 bridgehead atoms. The molecule has 8 nitrogen and oxygen atoms in total. The van der Waals surface area contributed by atoms with E-state index in [0.717, 1.165) is 31.8 Å². The van der Waals surface area contributed by atoms with Crippen LogP contribution in [0.2, 0.25) is 0 Å². The number of carbonyl (C=O) groups is 3. The summed E-state index contributed by atoms with van der Waals surface area (Å²) in [6.07, 6.45) is 6.09. The number of nitrogens with one attached hydrogen (secondary N) is 1. The lowest BCUT2D eigenvalue weighted by molar-refractivity contribution is -0.140. The topological polar surface area (TPSA) is 103 Å². The van der Waals surface area contributed by atoms with Gasteiger partial charge in [0.05, 0.1) is 0 Å². The molecule has 0 spiro atoms. The van der Waals surface area contributed by atoms with Crippen LogP contribution in [0.15, 0.2) is 22.2 Å². The summed E-state index contributed by atoms with van der Waals surface area (Å²) in [5, 5.41) is 11.1. The molecule has 0 radical (unpaired) electrons. The van der Waals surface area contributed by atoms with Crippen LogP contribution in [-0.4, -0.2) is 47.5 Å². The van der Waals surface area contributed by atoms with Gasteiger partial charge >= 0.3 is 12.0 Å². The van der Waals surface area contributed by atoms with Gasteiger partial charge in [0.15, 0.2) is 5.88 Å². The summed E-state index contributed by atoms with van der Waals surface area (Å²) in [6.45, 7) is 1.20. The Bertz CT molecular complexity index is 686. The van der Waals surface area contributed by atoms with E-state index in [0.29, 0.717) is 10.7 Å². The monoisotopic (exact) mass is 333 g/mol. The van der Waals surface area contributed by atoms with Crippen LogP contribution < -0.4 is 10.2 Å². The van der Waals surface area contributed by atoms with Gasteiger partial charge < -0.3 is 19.7 Å². The maximum Gasteiger partial charge on any atom is 0.329 e. The Morgan fingerprint density at radius 1 is 1.21 bits per heavy atom. The molecule has 3 heterocycles. The van der Waals surface area contributed by atoms with Crippen molar-refractivity contribution in [3.8, 4) is 0 Å². The molecule has 3 rings (SSSR count). The zero-order valence-electron chi connectivity index (χ0n) is 13.2. The summed E-state index contributed by atoms with van der Waals surface area (Å²) >= 11 is 0. The molecule has 0 saturated carbocycles. The van der Waals surface area contributed by atoms with Gasteiger partial charge in [-0.05, 0) is 18.9 Å². The summed E-state index contributed by atoms with van der Waals surface area (Å²) in [6, 6.07) is 2.83. The van der Waals surface area contributed by atoms with Gasteiger partial charge in [0.25, 0.3) is 5.91 Å². The Balaban J connectivity index is 1.73. The smallest absolute Gasteiger partial charge is 0.329 e. The Morgan fingerprint density at radius 3 is 2.58 bits per heavy atom.